The molecular formula is C55H41F6N3. The third-order valence-electron chi connectivity index (χ3n) is 12.5. The van der Waals surface area contributed by atoms with Gasteiger partial charge in [0.05, 0.1) is 33.2 Å². The van der Waals surface area contributed by atoms with Crippen LogP contribution in [0.3, 0.4) is 0 Å². The molecule has 3 nitrogen and oxygen atoms in total. The minimum Gasteiger partial charge on any atom is -0.294 e. The number of rotatable bonds is 5. The van der Waals surface area contributed by atoms with Crippen LogP contribution < -0.4 is 0 Å². The summed E-state index contributed by atoms with van der Waals surface area (Å²) in [7, 11) is 0. The Hall–Kier alpha value is -7.13. The van der Waals surface area contributed by atoms with Crippen molar-refractivity contribution < 1.29 is 26.3 Å². The van der Waals surface area contributed by atoms with E-state index >= 15 is 0 Å². The Morgan fingerprint density at radius 3 is 1.11 bits per heavy atom. The fourth-order valence-corrected chi connectivity index (χ4v) is 10.0. The van der Waals surface area contributed by atoms with E-state index < -0.39 is 23.5 Å². The van der Waals surface area contributed by atoms with Crippen molar-refractivity contribution in [3.63, 3.8) is 0 Å². The molecule has 7 aromatic carbocycles. The molecule has 0 spiro atoms. The maximum absolute atomic E-state index is 14.4. The lowest BCUT2D eigenvalue weighted by Crippen LogP contribution is -2.11. The summed E-state index contributed by atoms with van der Waals surface area (Å²) in [5.41, 5.74) is 11.4. The Morgan fingerprint density at radius 1 is 0.359 bits per heavy atom. The Morgan fingerprint density at radius 2 is 0.719 bits per heavy atom. The van der Waals surface area contributed by atoms with Crippen molar-refractivity contribution >= 4 is 43.6 Å². The number of aromatic nitrogens is 3. The van der Waals surface area contributed by atoms with Crippen LogP contribution in [0.1, 0.15) is 44.5 Å². The molecule has 318 valence electrons. The summed E-state index contributed by atoms with van der Waals surface area (Å²) in [5.74, 6) is 0.655. The van der Waals surface area contributed by atoms with E-state index in [9.17, 15) is 26.3 Å². The maximum Gasteiger partial charge on any atom is 0.416 e. The summed E-state index contributed by atoms with van der Waals surface area (Å²) >= 11 is 0. The van der Waals surface area contributed by atoms with Gasteiger partial charge in [0.2, 0.25) is 0 Å². The Kier molecular flexibility index (Phi) is 9.42. The summed E-state index contributed by atoms with van der Waals surface area (Å²) in [6.07, 6.45) is -10.1. The van der Waals surface area contributed by atoms with Crippen LogP contribution in [0, 0.1) is 41.5 Å². The minimum absolute atomic E-state index is 0.138. The van der Waals surface area contributed by atoms with Crippen LogP contribution in [0.2, 0.25) is 0 Å². The van der Waals surface area contributed by atoms with E-state index in [0.717, 1.165) is 100 Å². The average molecular weight is 858 g/mol. The SMILES string of the molecule is Cc1cc(C)c(-c2ccc3c(c2)c2ccccc2n3-c2cc(-c3cc(C(F)(F)F)cc(C(F)(F)F)c3)cc(-n3c4ccccc4c4cc(-c5c(C)cc(C)cc5C)ccc43)n2)c(C)c1. The fraction of sp³-hybridized carbons (Fsp3) is 0.145. The maximum atomic E-state index is 14.4. The largest absolute Gasteiger partial charge is 0.416 e. The first kappa shape index (κ1) is 40.9. The molecule has 0 bridgehead atoms. The van der Waals surface area contributed by atoms with Gasteiger partial charge in [-0.25, -0.2) is 4.98 Å². The molecule has 0 saturated carbocycles. The van der Waals surface area contributed by atoms with Crippen molar-refractivity contribution in [1.29, 1.82) is 0 Å². The predicted octanol–water partition coefficient (Wildman–Crippen LogP) is 16.2. The molecule has 0 unspecified atom stereocenters. The molecule has 9 heteroatoms. The quantitative estimate of drug-likeness (QED) is 0.158. The van der Waals surface area contributed by atoms with Gasteiger partial charge in [0, 0.05) is 21.5 Å². The second-order valence-corrected chi connectivity index (χ2v) is 17.1. The van der Waals surface area contributed by atoms with E-state index in [1.54, 1.807) is 12.1 Å². The molecule has 64 heavy (non-hydrogen) atoms. The Labute approximate surface area is 365 Å². The molecule has 0 amide bonds. The topological polar surface area (TPSA) is 22.8 Å². The van der Waals surface area contributed by atoms with Gasteiger partial charge in [-0.3, -0.25) is 9.13 Å². The van der Waals surface area contributed by atoms with Crippen LogP contribution >= 0.6 is 0 Å². The minimum atomic E-state index is -5.04. The molecule has 3 aromatic heterocycles. The zero-order valence-corrected chi connectivity index (χ0v) is 35.9. The standard InChI is InChI=1S/C55H41F6N3/c1-30-19-32(3)52(33(4)20-30)36-15-17-48-44(25-36)42-11-7-9-13-46(42)63(48)50-27-39(38-23-40(54(56,57)58)29-41(24-38)55(59,60)61)28-51(62-50)64-47-14-10-8-12-43(47)45-26-37(16-18-49(45)64)53-34(5)21-31(2)22-35(53)6/h7-29H,1-6H3. The lowest BCUT2D eigenvalue weighted by molar-refractivity contribution is -0.143. The lowest BCUT2D eigenvalue weighted by atomic mass is 9.93. The molecule has 0 aliphatic heterocycles. The number of nitrogens with zero attached hydrogens (tertiary/aromatic N) is 3. The monoisotopic (exact) mass is 857 g/mol. The third kappa shape index (κ3) is 6.81. The highest BCUT2D eigenvalue weighted by Crippen LogP contribution is 2.43. The van der Waals surface area contributed by atoms with E-state index in [2.05, 4.69) is 90.1 Å². The van der Waals surface area contributed by atoms with E-state index in [1.165, 1.54) is 11.1 Å². The van der Waals surface area contributed by atoms with Gasteiger partial charge in [0.25, 0.3) is 0 Å². The number of hydrogen-bond donors (Lipinski definition) is 0. The first-order valence-electron chi connectivity index (χ1n) is 21.0. The van der Waals surface area contributed by atoms with Crippen LogP contribution in [0.25, 0.3) is 88.6 Å². The number of fused-ring (bicyclic) bond motifs is 6. The van der Waals surface area contributed by atoms with Crippen molar-refractivity contribution in [2.24, 2.45) is 0 Å². The number of pyridine rings is 1. The molecule has 0 saturated heterocycles. The zero-order chi connectivity index (χ0) is 45.0. The normalized spacial score (nSPS) is 12.4. The van der Waals surface area contributed by atoms with Gasteiger partial charge in [0.15, 0.2) is 0 Å². The van der Waals surface area contributed by atoms with Crippen LogP contribution in [-0.2, 0) is 12.4 Å². The number of aryl methyl sites for hydroxylation is 6. The van der Waals surface area contributed by atoms with E-state index in [-0.39, 0.29) is 17.2 Å². The molecule has 0 fully saturated rings. The number of benzene rings is 7. The second-order valence-electron chi connectivity index (χ2n) is 17.1. The number of hydrogen-bond acceptors (Lipinski definition) is 1. The molecule has 3 heterocycles. The van der Waals surface area contributed by atoms with Crippen molar-refractivity contribution in [1.82, 2.24) is 14.1 Å². The van der Waals surface area contributed by atoms with Crippen molar-refractivity contribution in [3.8, 4) is 45.0 Å². The van der Waals surface area contributed by atoms with Gasteiger partial charge in [-0.2, -0.15) is 26.3 Å². The summed E-state index contributed by atoms with van der Waals surface area (Å²) in [4.78, 5) is 5.31. The van der Waals surface area contributed by atoms with Crippen LogP contribution in [0.4, 0.5) is 26.3 Å². The molecule has 0 N–H and O–H groups in total. The smallest absolute Gasteiger partial charge is 0.294 e. The average Bonchev–Trinajstić information content (AvgIpc) is 3.74. The Bertz CT molecular complexity index is 3280. The molecule has 10 aromatic rings. The summed E-state index contributed by atoms with van der Waals surface area (Å²) in [6.45, 7) is 12.5. The van der Waals surface area contributed by atoms with Crippen LogP contribution in [0.5, 0.6) is 0 Å². The number of alkyl halides is 6. The molecule has 0 aliphatic rings. The zero-order valence-electron chi connectivity index (χ0n) is 35.9. The number of para-hydroxylation sites is 2. The summed E-state index contributed by atoms with van der Waals surface area (Å²) in [6, 6.07) is 41.6. The van der Waals surface area contributed by atoms with Gasteiger partial charge in [-0.1, -0.05) is 83.9 Å². The highest BCUT2D eigenvalue weighted by molar-refractivity contribution is 6.12. The second kappa shape index (κ2) is 14.7. The van der Waals surface area contributed by atoms with Gasteiger partial charge in [-0.05, 0) is 164 Å². The third-order valence-corrected chi connectivity index (χ3v) is 12.5. The molecule has 10 rings (SSSR count). The molecule has 0 atom stereocenters. The van der Waals surface area contributed by atoms with Gasteiger partial charge in [0.1, 0.15) is 11.6 Å². The van der Waals surface area contributed by atoms with Gasteiger partial charge in [-0.15, -0.1) is 0 Å². The highest BCUT2D eigenvalue weighted by atomic mass is 19.4. The van der Waals surface area contributed by atoms with Crippen molar-refractivity contribution in [2.45, 2.75) is 53.9 Å². The van der Waals surface area contributed by atoms with Crippen molar-refractivity contribution in [3.05, 3.63) is 184 Å². The highest BCUT2D eigenvalue weighted by Gasteiger charge is 2.37. The van der Waals surface area contributed by atoms with E-state index in [1.807, 2.05) is 69.8 Å². The Balaban J connectivity index is 1.28. The molecular weight excluding hydrogens is 817 g/mol. The predicted molar refractivity (Wildman–Crippen MR) is 248 cm³/mol. The van der Waals surface area contributed by atoms with Crippen LogP contribution in [-0.4, -0.2) is 14.1 Å². The van der Waals surface area contributed by atoms with E-state index in [0.29, 0.717) is 11.6 Å². The fourth-order valence-electron chi connectivity index (χ4n) is 10.0. The van der Waals surface area contributed by atoms with Crippen molar-refractivity contribution in [2.75, 3.05) is 0 Å². The lowest BCUT2D eigenvalue weighted by Gasteiger charge is -2.17. The first-order valence-corrected chi connectivity index (χ1v) is 21.0. The van der Waals surface area contributed by atoms with Gasteiger partial charge < -0.3 is 0 Å². The first-order chi connectivity index (χ1) is 30.4. The van der Waals surface area contributed by atoms with Crippen LogP contribution in [0.15, 0.2) is 140 Å². The summed E-state index contributed by atoms with van der Waals surface area (Å²) in [5, 5.41) is 3.68. The summed E-state index contributed by atoms with van der Waals surface area (Å²) < 4.78 is 90.4. The molecule has 0 radical (unpaired) electrons. The van der Waals surface area contributed by atoms with E-state index in [4.69, 9.17) is 4.98 Å². The molecule has 0 aliphatic carbocycles. The number of halogens is 6. The van der Waals surface area contributed by atoms with Gasteiger partial charge >= 0.3 is 12.4 Å².